The van der Waals surface area contributed by atoms with Crippen LogP contribution in [0.5, 0.6) is 11.5 Å². The summed E-state index contributed by atoms with van der Waals surface area (Å²) < 4.78 is 17.0. The van der Waals surface area contributed by atoms with Crippen molar-refractivity contribution < 1.29 is 19.3 Å². The van der Waals surface area contributed by atoms with Crippen molar-refractivity contribution in [3.8, 4) is 11.5 Å². The maximum atomic E-state index is 10.6. The molecular formula is C24H34O4. The minimum atomic E-state index is -0.574. The summed E-state index contributed by atoms with van der Waals surface area (Å²) in [7, 11) is 1.60. The third-order valence-electron chi connectivity index (χ3n) is 4.71. The van der Waals surface area contributed by atoms with Gasteiger partial charge in [0.2, 0.25) is 0 Å². The highest BCUT2D eigenvalue weighted by molar-refractivity contribution is 5.68. The lowest BCUT2D eigenvalue weighted by Crippen LogP contribution is -2.35. The Morgan fingerprint density at radius 3 is 2.71 bits per heavy atom. The van der Waals surface area contributed by atoms with Crippen molar-refractivity contribution in [3.63, 3.8) is 0 Å². The molecule has 0 radical (unpaired) electrons. The Bertz CT molecular complexity index is 756. The van der Waals surface area contributed by atoms with Crippen molar-refractivity contribution in [1.82, 2.24) is 0 Å². The van der Waals surface area contributed by atoms with Gasteiger partial charge in [-0.15, -0.1) is 0 Å². The van der Waals surface area contributed by atoms with E-state index in [1.165, 1.54) is 11.1 Å². The Morgan fingerprint density at radius 1 is 1.29 bits per heavy atom. The molecule has 1 N–H and O–H groups in total. The van der Waals surface area contributed by atoms with Gasteiger partial charge in [0.25, 0.3) is 0 Å². The largest absolute Gasteiger partial charge is 0.483 e. The minimum Gasteiger partial charge on any atom is -0.483 e. The Hall–Kier alpha value is -2.04. The van der Waals surface area contributed by atoms with Crippen LogP contribution in [0.1, 0.15) is 58.1 Å². The van der Waals surface area contributed by atoms with Crippen molar-refractivity contribution >= 4 is 6.08 Å². The number of aliphatic hydroxyl groups excluding tert-OH is 1. The number of hydrogen-bond donors (Lipinski definition) is 1. The Kier molecular flexibility index (Phi) is 7.90. The minimum absolute atomic E-state index is 0.191. The van der Waals surface area contributed by atoms with Crippen molar-refractivity contribution in [2.45, 2.75) is 65.6 Å². The van der Waals surface area contributed by atoms with Crippen molar-refractivity contribution in [1.29, 1.82) is 0 Å². The second-order valence-corrected chi connectivity index (χ2v) is 8.08. The van der Waals surface area contributed by atoms with Crippen LogP contribution in [-0.4, -0.2) is 30.7 Å². The molecule has 4 nitrogen and oxygen atoms in total. The van der Waals surface area contributed by atoms with Gasteiger partial charge < -0.3 is 19.3 Å². The fourth-order valence-corrected chi connectivity index (χ4v) is 3.35. The van der Waals surface area contributed by atoms with Crippen molar-refractivity contribution in [2.75, 3.05) is 13.9 Å². The maximum Gasteiger partial charge on any atom is 0.188 e. The fraction of sp³-hybridized carbons (Fsp3) is 0.500. The zero-order valence-electron chi connectivity index (χ0n) is 18.0. The van der Waals surface area contributed by atoms with Crippen LogP contribution < -0.4 is 9.47 Å². The summed E-state index contributed by atoms with van der Waals surface area (Å²) in [4.78, 5) is 0. The molecule has 0 fully saturated rings. The van der Waals surface area contributed by atoms with Crippen LogP contribution in [0.4, 0.5) is 0 Å². The molecule has 0 saturated carbocycles. The van der Waals surface area contributed by atoms with Gasteiger partial charge in [-0.25, -0.2) is 0 Å². The molecule has 28 heavy (non-hydrogen) atoms. The average Bonchev–Trinajstić information content (AvgIpc) is 2.58. The van der Waals surface area contributed by atoms with E-state index in [1.54, 1.807) is 7.11 Å². The van der Waals surface area contributed by atoms with E-state index in [4.69, 9.17) is 14.2 Å². The molecule has 0 aliphatic carbocycles. The molecule has 1 aliphatic heterocycles. The third kappa shape index (κ3) is 6.54. The molecule has 0 spiro atoms. The van der Waals surface area contributed by atoms with E-state index in [9.17, 15) is 5.11 Å². The van der Waals surface area contributed by atoms with Gasteiger partial charge in [-0.3, -0.25) is 0 Å². The molecule has 0 saturated heterocycles. The topological polar surface area (TPSA) is 47.9 Å². The summed E-state index contributed by atoms with van der Waals surface area (Å²) in [6, 6.07) is 3.98. The summed E-state index contributed by atoms with van der Waals surface area (Å²) in [5, 5.41) is 10.6. The first-order valence-electron chi connectivity index (χ1n) is 9.86. The quantitative estimate of drug-likeness (QED) is 0.444. The van der Waals surface area contributed by atoms with Gasteiger partial charge >= 0.3 is 0 Å². The zero-order chi connectivity index (χ0) is 20.7. The number of benzene rings is 1. The predicted molar refractivity (Wildman–Crippen MR) is 115 cm³/mol. The highest BCUT2D eigenvalue weighted by Gasteiger charge is 2.31. The van der Waals surface area contributed by atoms with E-state index >= 15 is 0 Å². The highest BCUT2D eigenvalue weighted by Crippen LogP contribution is 2.39. The summed E-state index contributed by atoms with van der Waals surface area (Å²) >= 11 is 0. The van der Waals surface area contributed by atoms with Gasteiger partial charge in [-0.05, 0) is 77.3 Å². The van der Waals surface area contributed by atoms with E-state index < -0.39 is 11.7 Å². The van der Waals surface area contributed by atoms with Gasteiger partial charge in [0, 0.05) is 13.5 Å². The standard InChI is InChI=1S/C24H34O4/c1-17(2)8-7-9-18(3)12-20(25)15-24(5)11-10-21-22(27-16-26-6)13-19(4)14-23(21)28-24/h8,10-14,20,25H,7,9,15-16H2,1-6H3/b18-12+/t20?,24-/m1/s1. The molecule has 0 aromatic heterocycles. The van der Waals surface area contributed by atoms with E-state index in [0.29, 0.717) is 6.42 Å². The number of allylic oxidation sites excluding steroid dienone is 3. The van der Waals surface area contributed by atoms with Crippen LogP contribution in [-0.2, 0) is 4.74 Å². The first-order chi connectivity index (χ1) is 13.2. The van der Waals surface area contributed by atoms with Gasteiger partial charge in [0.05, 0.1) is 11.7 Å². The molecule has 154 valence electrons. The Balaban J connectivity index is 2.08. The lowest BCUT2D eigenvalue weighted by Gasteiger charge is -2.33. The van der Waals surface area contributed by atoms with E-state index in [1.807, 2.05) is 44.2 Å². The summed E-state index contributed by atoms with van der Waals surface area (Å²) in [5.41, 5.74) is 3.90. The molecule has 0 amide bonds. The zero-order valence-corrected chi connectivity index (χ0v) is 18.0. The summed E-state index contributed by atoms with van der Waals surface area (Å²) in [6.07, 6.45) is 10.1. The number of aliphatic hydroxyl groups is 1. The molecular weight excluding hydrogens is 352 g/mol. The van der Waals surface area contributed by atoms with Crippen molar-refractivity contribution in [2.24, 2.45) is 0 Å². The number of fused-ring (bicyclic) bond motifs is 1. The summed E-state index contributed by atoms with van der Waals surface area (Å²) in [5.74, 6) is 1.51. The van der Waals surface area contributed by atoms with E-state index in [2.05, 4.69) is 26.8 Å². The van der Waals surface area contributed by atoms with Gasteiger partial charge in [-0.1, -0.05) is 23.3 Å². The van der Waals surface area contributed by atoms with Gasteiger partial charge in [0.1, 0.15) is 17.1 Å². The fourth-order valence-electron chi connectivity index (χ4n) is 3.35. The van der Waals surface area contributed by atoms with Crippen LogP contribution in [0, 0.1) is 6.92 Å². The SMILES string of the molecule is COCOc1cc(C)cc2c1C=C[C@](C)(CC(O)/C=C(\C)CCC=C(C)C)O2. The summed E-state index contributed by atoms with van der Waals surface area (Å²) in [6.45, 7) is 10.5. The molecule has 1 aromatic rings. The first kappa shape index (κ1) is 22.3. The third-order valence-corrected chi connectivity index (χ3v) is 4.71. The van der Waals surface area contributed by atoms with Crippen LogP contribution in [0.3, 0.4) is 0 Å². The van der Waals surface area contributed by atoms with E-state index in [0.717, 1.165) is 35.5 Å². The molecule has 1 aromatic carbocycles. The lowest BCUT2D eigenvalue weighted by atomic mass is 9.92. The average molecular weight is 387 g/mol. The second-order valence-electron chi connectivity index (χ2n) is 8.08. The molecule has 0 bridgehead atoms. The van der Waals surface area contributed by atoms with Crippen LogP contribution in [0.25, 0.3) is 6.08 Å². The Labute approximate surface area is 169 Å². The van der Waals surface area contributed by atoms with Crippen LogP contribution >= 0.6 is 0 Å². The molecule has 1 heterocycles. The number of methoxy groups -OCH3 is 1. The van der Waals surface area contributed by atoms with Crippen LogP contribution in [0.15, 0.2) is 41.5 Å². The number of rotatable bonds is 9. The normalized spacial score (nSPS) is 19.6. The number of hydrogen-bond acceptors (Lipinski definition) is 4. The van der Waals surface area contributed by atoms with Gasteiger partial charge in [-0.2, -0.15) is 0 Å². The highest BCUT2D eigenvalue weighted by atomic mass is 16.7. The smallest absolute Gasteiger partial charge is 0.188 e. The van der Waals surface area contributed by atoms with Crippen molar-refractivity contribution in [3.05, 3.63) is 52.6 Å². The molecule has 2 atom stereocenters. The predicted octanol–water partition coefficient (Wildman–Crippen LogP) is 5.59. The monoisotopic (exact) mass is 386 g/mol. The first-order valence-corrected chi connectivity index (χ1v) is 9.86. The Morgan fingerprint density at radius 2 is 2.04 bits per heavy atom. The maximum absolute atomic E-state index is 10.6. The second kappa shape index (κ2) is 9.94. The molecule has 2 rings (SSSR count). The molecule has 4 heteroatoms. The molecule has 1 unspecified atom stereocenters. The van der Waals surface area contributed by atoms with Gasteiger partial charge in [0.15, 0.2) is 6.79 Å². The lowest BCUT2D eigenvalue weighted by molar-refractivity contribution is 0.0493. The van der Waals surface area contributed by atoms with Crippen LogP contribution in [0.2, 0.25) is 0 Å². The number of ether oxygens (including phenoxy) is 3. The molecule has 1 aliphatic rings. The van der Waals surface area contributed by atoms with E-state index in [-0.39, 0.29) is 6.79 Å². The number of aryl methyl sites for hydroxylation is 1.